The Bertz CT molecular complexity index is 611. The molecule has 0 fully saturated rings. The van der Waals surface area contributed by atoms with Gasteiger partial charge in [-0.1, -0.05) is 17.7 Å². The molecule has 0 spiro atoms. The van der Waals surface area contributed by atoms with E-state index in [9.17, 15) is 13.2 Å². The molecule has 1 aromatic carbocycles. The molecule has 0 saturated heterocycles. The van der Waals surface area contributed by atoms with Gasteiger partial charge in [0.1, 0.15) is 0 Å². The number of hydrogen-bond acceptors (Lipinski definition) is 4. The molecular weight excluding hydrogens is 292 g/mol. The largest absolute Gasteiger partial charge is 0.370 e. The zero-order valence-electron chi connectivity index (χ0n) is 11.9. The summed E-state index contributed by atoms with van der Waals surface area (Å²) in [7, 11) is -3.85. The van der Waals surface area contributed by atoms with Crippen LogP contribution in [0.3, 0.4) is 0 Å². The van der Waals surface area contributed by atoms with Crippen LogP contribution in [0.1, 0.15) is 24.8 Å². The van der Waals surface area contributed by atoms with E-state index in [1.54, 1.807) is 12.1 Å². The Morgan fingerprint density at radius 1 is 1.19 bits per heavy atom. The summed E-state index contributed by atoms with van der Waals surface area (Å²) in [5.74, 6) is -0.986. The molecule has 0 bridgehead atoms. The second-order valence-corrected chi connectivity index (χ2v) is 6.56. The average molecular weight is 312 g/mol. The molecule has 1 amide bonds. The van der Waals surface area contributed by atoms with Crippen molar-refractivity contribution in [3.63, 3.8) is 0 Å². The van der Waals surface area contributed by atoms with Crippen molar-refractivity contribution >= 4 is 21.9 Å². The molecule has 0 atom stereocenters. The fraction of sp³-hybridized carbons (Fsp3) is 0.385. The molecule has 116 valence electrons. The number of aryl methyl sites for hydroxylation is 1. The van der Waals surface area contributed by atoms with Crippen LogP contribution in [0.25, 0.3) is 0 Å². The van der Waals surface area contributed by atoms with E-state index in [0.29, 0.717) is 12.8 Å². The minimum absolute atomic E-state index is 0.0405. The maximum absolute atomic E-state index is 12.4. The molecular formula is C13H20N4O3S. The zero-order valence-corrected chi connectivity index (χ0v) is 12.7. The van der Waals surface area contributed by atoms with Gasteiger partial charge in [0, 0.05) is 13.0 Å². The maximum atomic E-state index is 12.4. The fourth-order valence-corrected chi connectivity index (χ4v) is 3.13. The number of nitrogens with zero attached hydrogens (tertiary/aromatic N) is 1. The van der Waals surface area contributed by atoms with Gasteiger partial charge in [0.15, 0.2) is 0 Å². The second-order valence-electron chi connectivity index (χ2n) is 4.70. The van der Waals surface area contributed by atoms with Crippen molar-refractivity contribution < 1.29 is 13.2 Å². The molecule has 5 N–H and O–H groups in total. The first-order valence-electron chi connectivity index (χ1n) is 6.47. The monoisotopic (exact) mass is 312 g/mol. The molecule has 0 aliphatic carbocycles. The van der Waals surface area contributed by atoms with Crippen LogP contribution in [0.2, 0.25) is 0 Å². The van der Waals surface area contributed by atoms with E-state index in [0.717, 1.165) is 9.87 Å². The molecule has 0 aliphatic rings. The molecule has 7 nitrogen and oxygen atoms in total. The highest BCUT2D eigenvalue weighted by Crippen LogP contribution is 2.16. The minimum Gasteiger partial charge on any atom is -0.370 e. The topological polar surface area (TPSA) is 130 Å². The van der Waals surface area contributed by atoms with Gasteiger partial charge in [-0.3, -0.25) is 10.2 Å². The molecule has 1 rings (SSSR count). The van der Waals surface area contributed by atoms with Crippen molar-refractivity contribution in [2.75, 3.05) is 6.54 Å². The lowest BCUT2D eigenvalue weighted by molar-refractivity contribution is -0.118. The predicted molar refractivity (Wildman–Crippen MR) is 80.0 cm³/mol. The van der Waals surface area contributed by atoms with Crippen LogP contribution >= 0.6 is 0 Å². The molecule has 0 aliphatic heterocycles. The summed E-state index contributed by atoms with van der Waals surface area (Å²) in [6.07, 6.45) is 1.02. The number of nitrogens with two attached hydrogens (primary N) is 2. The SMILES string of the molecule is Cc1ccc(S(=O)(=O)N(CCCCC(N)=O)C(=N)N)cc1. The van der Waals surface area contributed by atoms with Crippen LogP contribution in [0.5, 0.6) is 0 Å². The number of carbonyl (C=O) groups is 1. The lowest BCUT2D eigenvalue weighted by Crippen LogP contribution is -2.41. The molecule has 0 aromatic heterocycles. The van der Waals surface area contributed by atoms with Crippen molar-refractivity contribution in [2.24, 2.45) is 11.5 Å². The van der Waals surface area contributed by atoms with E-state index in [2.05, 4.69) is 0 Å². The summed E-state index contributed by atoms with van der Waals surface area (Å²) in [6, 6.07) is 6.31. The summed E-state index contributed by atoms with van der Waals surface area (Å²) in [6.45, 7) is 1.89. The van der Waals surface area contributed by atoms with Gasteiger partial charge in [0.2, 0.25) is 11.9 Å². The predicted octanol–water partition coefficient (Wildman–Crippen LogP) is 0.535. The number of sulfonamides is 1. The van der Waals surface area contributed by atoms with Gasteiger partial charge in [0.25, 0.3) is 10.0 Å². The highest BCUT2D eigenvalue weighted by atomic mass is 32.2. The van der Waals surface area contributed by atoms with Crippen molar-refractivity contribution in [3.8, 4) is 0 Å². The Morgan fingerprint density at radius 2 is 1.76 bits per heavy atom. The van der Waals surface area contributed by atoms with Gasteiger partial charge in [-0.05, 0) is 31.9 Å². The Hall–Kier alpha value is -2.09. The number of hydrogen-bond donors (Lipinski definition) is 3. The van der Waals surface area contributed by atoms with Crippen LogP contribution in [0.15, 0.2) is 29.2 Å². The average Bonchev–Trinajstić information content (AvgIpc) is 2.37. The number of nitrogens with one attached hydrogen (secondary N) is 1. The van der Waals surface area contributed by atoms with E-state index in [1.165, 1.54) is 12.1 Å². The third kappa shape index (κ3) is 4.75. The highest BCUT2D eigenvalue weighted by molar-refractivity contribution is 7.89. The first kappa shape index (κ1) is 17.0. The van der Waals surface area contributed by atoms with Gasteiger partial charge < -0.3 is 11.5 Å². The lowest BCUT2D eigenvalue weighted by Gasteiger charge is -2.22. The van der Waals surface area contributed by atoms with Crippen molar-refractivity contribution in [3.05, 3.63) is 29.8 Å². The molecule has 0 heterocycles. The van der Waals surface area contributed by atoms with Crippen LogP contribution in [-0.4, -0.2) is 31.1 Å². The van der Waals surface area contributed by atoms with E-state index >= 15 is 0 Å². The third-order valence-electron chi connectivity index (χ3n) is 2.91. The van der Waals surface area contributed by atoms with Gasteiger partial charge in [0.05, 0.1) is 4.90 Å². The first-order valence-corrected chi connectivity index (χ1v) is 7.91. The second kappa shape index (κ2) is 7.07. The lowest BCUT2D eigenvalue weighted by atomic mass is 10.2. The first-order chi connectivity index (χ1) is 9.75. The Balaban J connectivity index is 2.86. The third-order valence-corrected chi connectivity index (χ3v) is 4.74. The van der Waals surface area contributed by atoms with E-state index in [-0.39, 0.29) is 17.9 Å². The summed E-state index contributed by atoms with van der Waals surface area (Å²) in [5, 5.41) is 7.45. The smallest absolute Gasteiger partial charge is 0.266 e. The number of rotatable bonds is 7. The molecule has 0 unspecified atom stereocenters. The Morgan fingerprint density at radius 3 is 2.24 bits per heavy atom. The van der Waals surface area contributed by atoms with Crippen molar-refractivity contribution in [1.29, 1.82) is 5.41 Å². The Labute approximate surface area is 124 Å². The van der Waals surface area contributed by atoms with Crippen molar-refractivity contribution in [2.45, 2.75) is 31.1 Å². The van der Waals surface area contributed by atoms with Crippen molar-refractivity contribution in [1.82, 2.24) is 4.31 Å². The van der Waals surface area contributed by atoms with Crippen LogP contribution in [-0.2, 0) is 14.8 Å². The maximum Gasteiger partial charge on any atom is 0.266 e. The quantitative estimate of drug-likeness (QED) is 0.385. The van der Waals surface area contributed by atoms with E-state index in [1.807, 2.05) is 6.92 Å². The number of unbranched alkanes of at least 4 members (excludes halogenated alkanes) is 1. The zero-order chi connectivity index (χ0) is 16.0. The minimum atomic E-state index is -3.85. The number of guanidine groups is 1. The fourth-order valence-electron chi connectivity index (χ4n) is 1.76. The standard InChI is InChI=1S/C13H20N4O3S/c1-10-5-7-11(8-6-10)21(19,20)17(13(15)16)9-3-2-4-12(14)18/h5-8H,2-4,9H2,1H3,(H2,14,18)(H3,15,16). The highest BCUT2D eigenvalue weighted by Gasteiger charge is 2.25. The van der Waals surface area contributed by atoms with Crippen LogP contribution in [0, 0.1) is 12.3 Å². The number of carbonyl (C=O) groups excluding carboxylic acids is 1. The number of primary amides is 1. The molecule has 1 aromatic rings. The van der Waals surface area contributed by atoms with E-state index in [4.69, 9.17) is 16.9 Å². The summed E-state index contributed by atoms with van der Waals surface area (Å²) in [5.41, 5.74) is 11.3. The summed E-state index contributed by atoms with van der Waals surface area (Å²) < 4.78 is 25.7. The normalized spacial score (nSPS) is 11.1. The molecule has 21 heavy (non-hydrogen) atoms. The summed E-state index contributed by atoms with van der Waals surface area (Å²) >= 11 is 0. The van der Waals surface area contributed by atoms with Gasteiger partial charge >= 0.3 is 0 Å². The van der Waals surface area contributed by atoms with Crippen LogP contribution in [0.4, 0.5) is 0 Å². The van der Waals surface area contributed by atoms with Gasteiger partial charge in [-0.2, -0.15) is 0 Å². The Kier molecular flexibility index (Phi) is 5.71. The molecule has 0 radical (unpaired) electrons. The van der Waals surface area contributed by atoms with Gasteiger partial charge in [-0.25, -0.2) is 12.7 Å². The number of amides is 1. The van der Waals surface area contributed by atoms with Gasteiger partial charge in [-0.15, -0.1) is 0 Å². The van der Waals surface area contributed by atoms with Crippen LogP contribution < -0.4 is 11.5 Å². The van der Waals surface area contributed by atoms with E-state index < -0.39 is 21.9 Å². The molecule has 8 heteroatoms. The number of benzene rings is 1. The molecule has 0 saturated carbocycles. The summed E-state index contributed by atoms with van der Waals surface area (Å²) in [4.78, 5) is 10.7.